The smallest absolute Gasteiger partial charge is 0.324 e. The normalized spacial score (nSPS) is 20.7. The second kappa shape index (κ2) is 11.0. The van der Waals surface area contributed by atoms with Crippen molar-refractivity contribution in [3.63, 3.8) is 0 Å². The van der Waals surface area contributed by atoms with Crippen LogP contribution in [-0.2, 0) is 16.6 Å². The minimum Gasteiger partial charge on any atom is -0.336 e. The van der Waals surface area contributed by atoms with Crippen LogP contribution in [0.2, 0.25) is 0 Å². The summed E-state index contributed by atoms with van der Waals surface area (Å²) in [5.74, 6) is 1.46. The van der Waals surface area contributed by atoms with Crippen LogP contribution in [0.5, 0.6) is 0 Å². The van der Waals surface area contributed by atoms with E-state index in [1.165, 1.54) is 11.1 Å². The number of amides is 3. The highest BCUT2D eigenvalue weighted by Crippen LogP contribution is 2.42. The van der Waals surface area contributed by atoms with Crippen molar-refractivity contribution in [2.24, 2.45) is 11.3 Å². The molecule has 0 aliphatic carbocycles. The molecule has 0 spiro atoms. The third kappa shape index (κ3) is 6.50. The summed E-state index contributed by atoms with van der Waals surface area (Å²) in [5.41, 5.74) is 4.45. The Kier molecular flexibility index (Phi) is 7.75. The molecule has 2 aliphatic heterocycles. The fourth-order valence-electron chi connectivity index (χ4n) is 6.28. The number of aryl methyl sites for hydroxylation is 1. The Morgan fingerprint density at radius 3 is 2.17 bits per heavy atom. The van der Waals surface area contributed by atoms with Gasteiger partial charge < -0.3 is 10.2 Å². The molecule has 0 radical (unpaired) electrons. The number of nitrogens with one attached hydrogen (secondary N) is 2. The second-order valence-electron chi connectivity index (χ2n) is 14.1. The number of benzene rings is 2. The van der Waals surface area contributed by atoms with Crippen molar-refractivity contribution in [3.05, 3.63) is 71.4 Å². The monoisotopic (exact) mass is 555 g/mol. The SMILES string of the molecule is Cc1ccc(-n2nc(C(C)(C)C)cc2NC(=O)Nc2cccc(CC3CC4CCC(C3)N4C(=O)C(C)(C)C)c2)cc1. The van der Waals surface area contributed by atoms with Crippen molar-refractivity contribution in [2.45, 2.75) is 98.1 Å². The molecule has 2 unspecified atom stereocenters. The number of fused-ring (bicyclic) bond motifs is 2. The van der Waals surface area contributed by atoms with E-state index < -0.39 is 0 Å². The van der Waals surface area contributed by atoms with Gasteiger partial charge in [0.15, 0.2) is 0 Å². The van der Waals surface area contributed by atoms with Gasteiger partial charge in [-0.2, -0.15) is 5.10 Å². The number of carbonyl (C=O) groups excluding carboxylic acids is 2. The van der Waals surface area contributed by atoms with Gasteiger partial charge in [-0.25, -0.2) is 9.48 Å². The van der Waals surface area contributed by atoms with Crippen molar-refractivity contribution < 1.29 is 9.59 Å². The summed E-state index contributed by atoms with van der Waals surface area (Å²) in [7, 11) is 0. The van der Waals surface area contributed by atoms with Gasteiger partial charge in [0.05, 0.1) is 11.4 Å². The Morgan fingerprint density at radius 2 is 1.56 bits per heavy atom. The van der Waals surface area contributed by atoms with Crippen molar-refractivity contribution in [1.29, 1.82) is 0 Å². The van der Waals surface area contributed by atoms with Crippen LogP contribution in [0.15, 0.2) is 54.6 Å². The number of nitrogens with zero attached hydrogens (tertiary/aromatic N) is 3. The van der Waals surface area contributed by atoms with Crippen LogP contribution in [0.1, 0.15) is 84.0 Å². The maximum Gasteiger partial charge on any atom is 0.324 e. The van der Waals surface area contributed by atoms with E-state index in [0.717, 1.165) is 49.2 Å². The van der Waals surface area contributed by atoms with Gasteiger partial charge >= 0.3 is 6.03 Å². The lowest BCUT2D eigenvalue weighted by atomic mass is 9.83. The van der Waals surface area contributed by atoms with Gasteiger partial charge in [-0.3, -0.25) is 10.1 Å². The minimum absolute atomic E-state index is 0.160. The molecule has 2 N–H and O–H groups in total. The van der Waals surface area contributed by atoms with Crippen LogP contribution in [0.25, 0.3) is 5.69 Å². The topological polar surface area (TPSA) is 79.3 Å². The number of hydrogen-bond acceptors (Lipinski definition) is 3. The standard InChI is InChI=1S/C34H45N5O2/c1-22-11-13-26(14-12-22)39-30(21-29(37-39)33(2,3)4)36-32(41)35-25-10-8-9-23(18-25)17-24-19-27-15-16-28(20-24)38(27)31(40)34(5,6)7/h8-14,18,21,24,27-28H,15-17,19-20H2,1-7H3,(H2,35,36,41). The minimum atomic E-state index is -0.333. The number of urea groups is 1. The average molecular weight is 556 g/mol. The first kappa shape index (κ1) is 28.9. The molecular weight excluding hydrogens is 510 g/mol. The summed E-state index contributed by atoms with van der Waals surface area (Å²) in [6, 6.07) is 18.6. The first-order valence-electron chi connectivity index (χ1n) is 15.0. The summed E-state index contributed by atoms with van der Waals surface area (Å²) in [5, 5.41) is 10.9. The van der Waals surface area contributed by atoms with E-state index in [-0.39, 0.29) is 16.9 Å². The van der Waals surface area contributed by atoms with Gasteiger partial charge in [0.2, 0.25) is 5.91 Å². The zero-order valence-electron chi connectivity index (χ0n) is 25.6. The number of anilines is 2. The van der Waals surface area contributed by atoms with E-state index in [2.05, 4.69) is 55.4 Å². The fourth-order valence-corrected chi connectivity index (χ4v) is 6.28. The lowest BCUT2D eigenvalue weighted by Gasteiger charge is -2.42. The quantitative estimate of drug-likeness (QED) is 0.343. The molecule has 2 atom stereocenters. The Labute approximate surface area is 244 Å². The summed E-state index contributed by atoms with van der Waals surface area (Å²) in [4.78, 5) is 28.4. The maximum atomic E-state index is 13.2. The van der Waals surface area contributed by atoms with E-state index in [4.69, 9.17) is 5.10 Å². The van der Waals surface area contributed by atoms with Crippen LogP contribution >= 0.6 is 0 Å². The second-order valence-corrected chi connectivity index (χ2v) is 14.1. The van der Waals surface area contributed by atoms with Crippen LogP contribution < -0.4 is 10.6 Å². The molecular formula is C34H45N5O2. The molecule has 3 heterocycles. The van der Waals surface area contributed by atoms with Gasteiger partial charge in [-0.05, 0) is 74.8 Å². The molecule has 2 aliphatic rings. The molecule has 2 saturated heterocycles. The molecule has 41 heavy (non-hydrogen) atoms. The van der Waals surface area contributed by atoms with E-state index in [1.54, 1.807) is 4.68 Å². The van der Waals surface area contributed by atoms with Gasteiger partial charge in [0, 0.05) is 34.7 Å². The van der Waals surface area contributed by atoms with E-state index in [1.807, 2.05) is 63.2 Å². The Hall–Kier alpha value is -3.61. The summed E-state index contributed by atoms with van der Waals surface area (Å²) < 4.78 is 1.79. The van der Waals surface area contributed by atoms with E-state index in [9.17, 15) is 9.59 Å². The molecule has 0 saturated carbocycles. The van der Waals surface area contributed by atoms with Crippen molar-refractivity contribution in [1.82, 2.24) is 14.7 Å². The zero-order chi connectivity index (χ0) is 29.5. The fraction of sp³-hybridized carbons (Fsp3) is 0.500. The van der Waals surface area contributed by atoms with Gasteiger partial charge in [0.1, 0.15) is 5.82 Å². The third-order valence-corrected chi connectivity index (χ3v) is 8.41. The molecule has 3 aromatic rings. The first-order valence-corrected chi connectivity index (χ1v) is 15.0. The Balaban J connectivity index is 1.25. The van der Waals surface area contributed by atoms with Gasteiger partial charge in [-0.1, -0.05) is 71.4 Å². The van der Waals surface area contributed by atoms with Crippen molar-refractivity contribution in [2.75, 3.05) is 10.6 Å². The molecule has 5 rings (SSSR count). The van der Waals surface area contributed by atoms with Crippen LogP contribution in [-0.4, -0.2) is 38.7 Å². The largest absolute Gasteiger partial charge is 0.336 e. The number of piperidine rings is 1. The van der Waals surface area contributed by atoms with E-state index in [0.29, 0.717) is 29.7 Å². The highest BCUT2D eigenvalue weighted by atomic mass is 16.2. The molecule has 2 fully saturated rings. The van der Waals surface area contributed by atoms with Gasteiger partial charge in [-0.15, -0.1) is 0 Å². The lowest BCUT2D eigenvalue weighted by molar-refractivity contribution is -0.144. The molecule has 2 bridgehead atoms. The molecule has 2 aromatic carbocycles. The van der Waals surface area contributed by atoms with Crippen LogP contribution in [0, 0.1) is 18.3 Å². The Bertz CT molecular complexity index is 1400. The van der Waals surface area contributed by atoms with Crippen molar-refractivity contribution >= 4 is 23.4 Å². The van der Waals surface area contributed by atoms with Crippen LogP contribution in [0.3, 0.4) is 0 Å². The Morgan fingerprint density at radius 1 is 0.902 bits per heavy atom. The number of hydrogen-bond donors (Lipinski definition) is 2. The summed E-state index contributed by atoms with van der Waals surface area (Å²) in [6.07, 6.45) is 5.28. The summed E-state index contributed by atoms with van der Waals surface area (Å²) >= 11 is 0. The zero-order valence-corrected chi connectivity index (χ0v) is 25.6. The maximum absolute atomic E-state index is 13.2. The molecule has 1 aromatic heterocycles. The number of aromatic nitrogens is 2. The molecule has 3 amide bonds. The highest BCUT2D eigenvalue weighted by Gasteiger charge is 2.45. The first-order chi connectivity index (χ1) is 19.3. The summed E-state index contributed by atoms with van der Waals surface area (Å²) in [6.45, 7) is 14.5. The highest BCUT2D eigenvalue weighted by molar-refractivity contribution is 5.99. The predicted octanol–water partition coefficient (Wildman–Crippen LogP) is 7.48. The predicted molar refractivity (Wildman–Crippen MR) is 166 cm³/mol. The molecule has 7 nitrogen and oxygen atoms in total. The van der Waals surface area contributed by atoms with Crippen molar-refractivity contribution in [3.8, 4) is 5.69 Å². The molecule has 7 heteroatoms. The third-order valence-electron chi connectivity index (χ3n) is 8.41. The van der Waals surface area contributed by atoms with Gasteiger partial charge in [0.25, 0.3) is 0 Å². The number of rotatable bonds is 5. The number of carbonyl (C=O) groups is 2. The van der Waals surface area contributed by atoms with Crippen LogP contribution in [0.4, 0.5) is 16.3 Å². The molecule has 218 valence electrons. The van der Waals surface area contributed by atoms with E-state index >= 15 is 0 Å². The average Bonchev–Trinajstić information content (AvgIpc) is 3.42. The lowest BCUT2D eigenvalue weighted by Crippen LogP contribution is -2.50.